The summed E-state index contributed by atoms with van der Waals surface area (Å²) in [5.41, 5.74) is 1.24. The van der Waals surface area contributed by atoms with Gasteiger partial charge in [0.05, 0.1) is 6.61 Å². The molecule has 1 saturated heterocycles. The quantitative estimate of drug-likeness (QED) is 0.209. The van der Waals surface area contributed by atoms with Crippen LogP contribution in [-0.2, 0) is 24.0 Å². The molecule has 1 aromatic carbocycles. The van der Waals surface area contributed by atoms with Crippen LogP contribution in [0.2, 0.25) is 0 Å². The average Bonchev–Trinajstić information content (AvgIpc) is 2.86. The number of carbonyl (C=O) groups excluding carboxylic acids is 1. The van der Waals surface area contributed by atoms with Crippen molar-refractivity contribution in [2.45, 2.75) is 96.1 Å². The number of benzene rings is 1. The molecule has 2 unspecified atom stereocenters. The van der Waals surface area contributed by atoms with E-state index in [9.17, 15) is 4.79 Å². The molecule has 5 aliphatic rings. The van der Waals surface area contributed by atoms with Crippen LogP contribution in [0.25, 0.3) is 5.57 Å². The maximum absolute atomic E-state index is 11.4. The zero-order valence-electron chi connectivity index (χ0n) is 22.1. The fourth-order valence-corrected chi connectivity index (χ4v) is 7.13. The SMILES string of the molecule is C=C(c1ccc(OC(C)(CCCCC)COC(C)=O)cc1)C1COC2(OO1)C1CC3CC(C1)CC2C3. The Hall–Kier alpha value is -1.89. The third kappa shape index (κ3) is 5.23. The molecule has 1 aliphatic heterocycles. The Labute approximate surface area is 215 Å². The van der Waals surface area contributed by atoms with Crippen molar-refractivity contribution in [1.29, 1.82) is 0 Å². The molecule has 6 nitrogen and oxygen atoms in total. The van der Waals surface area contributed by atoms with Gasteiger partial charge in [0.15, 0.2) is 0 Å². The van der Waals surface area contributed by atoms with E-state index in [1.807, 2.05) is 31.2 Å². The van der Waals surface area contributed by atoms with Gasteiger partial charge in [0.25, 0.3) is 0 Å². The molecule has 5 fully saturated rings. The molecule has 4 aliphatic carbocycles. The fraction of sp³-hybridized carbons (Fsp3) is 0.700. The second-order valence-corrected chi connectivity index (χ2v) is 11.8. The largest absolute Gasteiger partial charge is 0.484 e. The highest BCUT2D eigenvalue weighted by molar-refractivity contribution is 5.67. The Bertz CT molecular complexity index is 901. The first-order chi connectivity index (χ1) is 17.3. The lowest BCUT2D eigenvalue weighted by Gasteiger charge is -2.60. The summed E-state index contributed by atoms with van der Waals surface area (Å²) in [6.07, 6.45) is 9.97. The van der Waals surface area contributed by atoms with Crippen LogP contribution < -0.4 is 4.74 Å². The number of hydrogen-bond acceptors (Lipinski definition) is 6. The van der Waals surface area contributed by atoms with Gasteiger partial charge in [-0.25, -0.2) is 4.89 Å². The molecule has 36 heavy (non-hydrogen) atoms. The van der Waals surface area contributed by atoms with Crippen LogP contribution in [0.1, 0.15) is 84.1 Å². The number of carbonyl (C=O) groups is 1. The van der Waals surface area contributed by atoms with E-state index in [1.54, 1.807) is 0 Å². The predicted octanol–water partition coefficient (Wildman–Crippen LogP) is 6.48. The summed E-state index contributed by atoms with van der Waals surface area (Å²) < 4.78 is 18.1. The van der Waals surface area contributed by atoms with Gasteiger partial charge in [-0.1, -0.05) is 38.5 Å². The van der Waals surface area contributed by atoms with Gasteiger partial charge in [-0.3, -0.25) is 4.79 Å². The van der Waals surface area contributed by atoms with Gasteiger partial charge in [0.1, 0.15) is 24.1 Å². The van der Waals surface area contributed by atoms with Crippen molar-refractivity contribution in [2.24, 2.45) is 23.7 Å². The minimum atomic E-state index is -0.569. The maximum Gasteiger partial charge on any atom is 0.302 e. The fourth-order valence-electron chi connectivity index (χ4n) is 7.13. The molecule has 1 aromatic rings. The molecule has 6 rings (SSSR count). The highest BCUT2D eigenvalue weighted by Gasteiger charge is 2.61. The number of esters is 1. The summed E-state index contributed by atoms with van der Waals surface area (Å²) in [5, 5.41) is 0. The van der Waals surface area contributed by atoms with Crippen LogP contribution in [-0.4, -0.2) is 36.7 Å². The summed E-state index contributed by atoms with van der Waals surface area (Å²) in [7, 11) is 0. The molecule has 2 atom stereocenters. The van der Waals surface area contributed by atoms with Crippen LogP contribution in [0.15, 0.2) is 30.8 Å². The number of unbranched alkanes of at least 4 members (excludes halogenated alkanes) is 2. The molecule has 1 heterocycles. The lowest BCUT2D eigenvalue weighted by Crippen LogP contribution is -2.63. The highest BCUT2D eigenvalue weighted by atomic mass is 17.2. The van der Waals surface area contributed by atoms with Gasteiger partial charge in [0, 0.05) is 18.8 Å². The topological polar surface area (TPSA) is 63.2 Å². The van der Waals surface area contributed by atoms with Crippen molar-refractivity contribution < 1.29 is 28.8 Å². The van der Waals surface area contributed by atoms with Crippen molar-refractivity contribution in [1.82, 2.24) is 0 Å². The Morgan fingerprint density at radius 2 is 1.75 bits per heavy atom. The van der Waals surface area contributed by atoms with Crippen molar-refractivity contribution in [3.05, 3.63) is 36.4 Å². The Kier molecular flexibility index (Phi) is 7.49. The molecule has 1 spiro atoms. The van der Waals surface area contributed by atoms with Crippen molar-refractivity contribution in [2.75, 3.05) is 13.2 Å². The van der Waals surface area contributed by atoms with Gasteiger partial charge >= 0.3 is 5.97 Å². The molecule has 0 aromatic heterocycles. The van der Waals surface area contributed by atoms with Gasteiger partial charge in [-0.05, 0) is 87.0 Å². The van der Waals surface area contributed by atoms with E-state index in [2.05, 4.69) is 13.5 Å². The molecule has 0 radical (unpaired) electrons. The van der Waals surface area contributed by atoms with E-state index in [-0.39, 0.29) is 18.7 Å². The third-order valence-corrected chi connectivity index (χ3v) is 8.90. The molecule has 0 N–H and O–H groups in total. The average molecular weight is 499 g/mol. The van der Waals surface area contributed by atoms with Crippen molar-refractivity contribution in [3.63, 3.8) is 0 Å². The monoisotopic (exact) mass is 498 g/mol. The first-order valence-corrected chi connectivity index (χ1v) is 13.9. The zero-order valence-corrected chi connectivity index (χ0v) is 22.1. The van der Waals surface area contributed by atoms with Crippen LogP contribution in [0.3, 0.4) is 0 Å². The maximum atomic E-state index is 11.4. The minimum Gasteiger partial charge on any atom is -0.484 e. The molecule has 0 amide bonds. The second-order valence-electron chi connectivity index (χ2n) is 11.8. The molecule has 198 valence electrons. The summed E-state index contributed by atoms with van der Waals surface area (Å²) in [5.74, 6) is 2.51. The van der Waals surface area contributed by atoms with Crippen LogP contribution >= 0.6 is 0 Å². The number of rotatable bonds is 10. The van der Waals surface area contributed by atoms with Gasteiger partial charge in [-0.2, -0.15) is 4.89 Å². The van der Waals surface area contributed by atoms with Crippen molar-refractivity contribution >= 4 is 11.5 Å². The molecular formula is C30H42O6. The van der Waals surface area contributed by atoms with E-state index in [0.717, 1.165) is 54.4 Å². The standard InChI is InChI=1S/C30H42O6/c1-5-6-7-12-29(4,19-32-21(3)31)34-27-10-8-24(9-11-27)20(2)28-18-33-30(36-35-28)25-14-22-13-23(16-25)17-26(30)15-22/h8-11,22-23,25-26,28H,2,5-7,12-19H2,1,3-4H3. The second kappa shape index (κ2) is 10.5. The number of ether oxygens (including phenoxy) is 3. The van der Waals surface area contributed by atoms with Gasteiger partial charge < -0.3 is 14.2 Å². The Balaban J connectivity index is 1.18. The first kappa shape index (κ1) is 25.7. The van der Waals surface area contributed by atoms with Crippen LogP contribution in [0.4, 0.5) is 0 Å². The van der Waals surface area contributed by atoms with E-state index < -0.39 is 11.4 Å². The Morgan fingerprint density at radius 1 is 1.08 bits per heavy atom. The number of hydrogen-bond donors (Lipinski definition) is 0. The summed E-state index contributed by atoms with van der Waals surface area (Å²) in [6, 6.07) is 7.87. The zero-order chi connectivity index (χ0) is 25.3. The third-order valence-electron chi connectivity index (χ3n) is 8.90. The Morgan fingerprint density at radius 3 is 2.31 bits per heavy atom. The summed E-state index contributed by atoms with van der Waals surface area (Å²) >= 11 is 0. The summed E-state index contributed by atoms with van der Waals surface area (Å²) in [4.78, 5) is 23.5. The molecule has 4 bridgehead atoms. The first-order valence-electron chi connectivity index (χ1n) is 13.9. The summed E-state index contributed by atoms with van der Waals surface area (Å²) in [6.45, 7) is 10.6. The van der Waals surface area contributed by atoms with E-state index in [1.165, 1.54) is 39.0 Å². The lowest BCUT2D eigenvalue weighted by molar-refractivity contribution is -0.517. The van der Waals surface area contributed by atoms with E-state index in [0.29, 0.717) is 18.4 Å². The van der Waals surface area contributed by atoms with Crippen LogP contribution in [0, 0.1) is 23.7 Å². The van der Waals surface area contributed by atoms with E-state index in [4.69, 9.17) is 24.0 Å². The molecular weight excluding hydrogens is 456 g/mol. The predicted molar refractivity (Wildman–Crippen MR) is 137 cm³/mol. The van der Waals surface area contributed by atoms with E-state index >= 15 is 0 Å². The highest BCUT2D eigenvalue weighted by Crippen LogP contribution is 2.60. The van der Waals surface area contributed by atoms with Gasteiger partial charge in [-0.15, -0.1) is 0 Å². The lowest BCUT2D eigenvalue weighted by atomic mass is 9.53. The van der Waals surface area contributed by atoms with Gasteiger partial charge in [0.2, 0.25) is 5.79 Å². The smallest absolute Gasteiger partial charge is 0.302 e. The molecule has 4 saturated carbocycles. The van der Waals surface area contributed by atoms with Crippen LogP contribution in [0.5, 0.6) is 5.75 Å². The molecule has 6 heteroatoms. The van der Waals surface area contributed by atoms with Crippen molar-refractivity contribution in [3.8, 4) is 5.75 Å². The normalized spacial score (nSPS) is 34.4. The minimum absolute atomic E-state index is 0.232.